The summed E-state index contributed by atoms with van der Waals surface area (Å²) in [6.07, 6.45) is 3.94. The van der Waals surface area contributed by atoms with Crippen molar-refractivity contribution in [2.75, 3.05) is 0 Å². The lowest BCUT2D eigenvalue weighted by Gasteiger charge is -2.21. The van der Waals surface area contributed by atoms with Crippen molar-refractivity contribution in [2.24, 2.45) is 7.05 Å². The predicted octanol–water partition coefficient (Wildman–Crippen LogP) is 2.83. The molecule has 0 radical (unpaired) electrons. The van der Waals surface area contributed by atoms with Crippen molar-refractivity contribution < 1.29 is 5.11 Å². The molecule has 3 heteroatoms. The zero-order valence-electron chi connectivity index (χ0n) is 11.1. The summed E-state index contributed by atoms with van der Waals surface area (Å²) < 4.78 is 1.87. The van der Waals surface area contributed by atoms with Crippen LogP contribution in [0.4, 0.5) is 0 Å². The summed E-state index contributed by atoms with van der Waals surface area (Å²) in [6, 6.07) is 8.11. The minimum atomic E-state index is -0.731. The van der Waals surface area contributed by atoms with Crippen molar-refractivity contribution in [2.45, 2.75) is 31.8 Å². The summed E-state index contributed by atoms with van der Waals surface area (Å²) in [5.74, 6) is 0. The highest BCUT2D eigenvalue weighted by molar-refractivity contribution is 5.81. The van der Waals surface area contributed by atoms with E-state index in [1.807, 2.05) is 42.9 Å². The molecule has 1 unspecified atom stereocenters. The van der Waals surface area contributed by atoms with Crippen LogP contribution in [0.3, 0.4) is 0 Å². The zero-order chi connectivity index (χ0) is 13.2. The molecule has 2 aromatic rings. The van der Waals surface area contributed by atoms with Crippen molar-refractivity contribution in [3.8, 4) is 0 Å². The minimum absolute atomic E-state index is 0.572. The summed E-state index contributed by atoms with van der Waals surface area (Å²) in [6.45, 7) is 5.56. The maximum Gasteiger partial charge on any atom is 0.0731 e. The number of hydrogen-bond acceptors (Lipinski definition) is 2. The molecule has 0 bridgehead atoms. The minimum Gasteiger partial charge on any atom is -0.390 e. The second-order valence-electron chi connectivity index (χ2n) is 5.09. The summed E-state index contributed by atoms with van der Waals surface area (Å²) in [4.78, 5) is 0. The fourth-order valence-electron chi connectivity index (χ4n) is 2.28. The Morgan fingerprint density at radius 2 is 2.17 bits per heavy atom. The standard InChI is InChI=1S/C15H20N2O/c1-4-5-10-15(2,18)11-13-12-8-6-7-9-14(12)17(3)16-13/h4,6-9,18H,1,5,10-11H2,2-3H3. The van der Waals surface area contributed by atoms with Crippen LogP contribution < -0.4 is 0 Å². The first-order valence-corrected chi connectivity index (χ1v) is 6.27. The lowest BCUT2D eigenvalue weighted by molar-refractivity contribution is 0.0515. The van der Waals surface area contributed by atoms with Gasteiger partial charge in [-0.3, -0.25) is 4.68 Å². The van der Waals surface area contributed by atoms with Gasteiger partial charge >= 0.3 is 0 Å². The molecule has 1 heterocycles. The van der Waals surface area contributed by atoms with Crippen LogP contribution in [-0.4, -0.2) is 20.5 Å². The molecule has 2 rings (SSSR count). The van der Waals surface area contributed by atoms with Gasteiger partial charge < -0.3 is 5.11 Å². The van der Waals surface area contributed by atoms with Gasteiger partial charge in [0.25, 0.3) is 0 Å². The van der Waals surface area contributed by atoms with E-state index in [0.717, 1.165) is 23.0 Å². The first-order chi connectivity index (χ1) is 8.53. The molecule has 0 fully saturated rings. The van der Waals surface area contributed by atoms with E-state index in [-0.39, 0.29) is 0 Å². The predicted molar refractivity (Wildman–Crippen MR) is 74.5 cm³/mol. The highest BCUT2D eigenvalue weighted by Crippen LogP contribution is 2.24. The Labute approximate surface area is 108 Å². The van der Waals surface area contributed by atoms with Crippen LogP contribution in [0.15, 0.2) is 36.9 Å². The van der Waals surface area contributed by atoms with Gasteiger partial charge in [0, 0.05) is 18.9 Å². The molecule has 96 valence electrons. The quantitative estimate of drug-likeness (QED) is 0.821. The average molecular weight is 244 g/mol. The molecule has 0 spiro atoms. The molecule has 1 N–H and O–H groups in total. The Kier molecular flexibility index (Phi) is 3.53. The van der Waals surface area contributed by atoms with Crippen molar-refractivity contribution in [1.29, 1.82) is 0 Å². The molecule has 0 aliphatic carbocycles. The second kappa shape index (κ2) is 4.94. The molecule has 1 aromatic heterocycles. The third-order valence-corrected chi connectivity index (χ3v) is 3.27. The first kappa shape index (κ1) is 12.8. The number of benzene rings is 1. The Bertz CT molecular complexity index is 555. The van der Waals surface area contributed by atoms with Gasteiger partial charge in [0.2, 0.25) is 0 Å². The summed E-state index contributed by atoms with van der Waals surface area (Å²) in [7, 11) is 1.93. The number of allylic oxidation sites excluding steroid dienone is 1. The number of aromatic nitrogens is 2. The van der Waals surface area contributed by atoms with Crippen LogP contribution in [0, 0.1) is 0 Å². The van der Waals surface area contributed by atoms with Gasteiger partial charge in [0.15, 0.2) is 0 Å². The van der Waals surface area contributed by atoms with Gasteiger partial charge in [0.1, 0.15) is 0 Å². The highest BCUT2D eigenvalue weighted by atomic mass is 16.3. The first-order valence-electron chi connectivity index (χ1n) is 6.27. The number of aliphatic hydroxyl groups is 1. The Morgan fingerprint density at radius 3 is 2.89 bits per heavy atom. The molecule has 0 saturated carbocycles. The lowest BCUT2D eigenvalue weighted by atomic mass is 9.93. The van der Waals surface area contributed by atoms with Gasteiger partial charge in [-0.25, -0.2) is 0 Å². The van der Waals surface area contributed by atoms with Gasteiger partial charge in [-0.2, -0.15) is 5.10 Å². The number of nitrogens with zero attached hydrogens (tertiary/aromatic N) is 2. The van der Waals surface area contributed by atoms with Crippen LogP contribution in [0.2, 0.25) is 0 Å². The van der Waals surface area contributed by atoms with E-state index in [4.69, 9.17) is 0 Å². The molecule has 0 aliphatic heterocycles. The maximum absolute atomic E-state index is 10.4. The monoisotopic (exact) mass is 244 g/mol. The fourth-order valence-corrected chi connectivity index (χ4v) is 2.28. The topological polar surface area (TPSA) is 38.1 Å². The van der Waals surface area contributed by atoms with E-state index in [0.29, 0.717) is 12.8 Å². The number of para-hydroxylation sites is 1. The molecule has 0 saturated heterocycles. The van der Waals surface area contributed by atoms with Gasteiger partial charge in [-0.05, 0) is 25.8 Å². The van der Waals surface area contributed by atoms with E-state index in [9.17, 15) is 5.11 Å². The number of rotatable bonds is 5. The average Bonchev–Trinajstić information content (AvgIpc) is 2.64. The molecular weight excluding hydrogens is 224 g/mol. The largest absolute Gasteiger partial charge is 0.390 e. The number of aryl methyl sites for hydroxylation is 1. The molecule has 18 heavy (non-hydrogen) atoms. The zero-order valence-corrected chi connectivity index (χ0v) is 11.1. The Hall–Kier alpha value is -1.61. The number of fused-ring (bicyclic) bond motifs is 1. The summed E-state index contributed by atoms with van der Waals surface area (Å²) in [5.41, 5.74) is 1.33. The smallest absolute Gasteiger partial charge is 0.0731 e. The van der Waals surface area contributed by atoms with E-state index >= 15 is 0 Å². The second-order valence-corrected chi connectivity index (χ2v) is 5.09. The normalized spacial score (nSPS) is 14.6. The van der Waals surface area contributed by atoms with E-state index in [1.165, 1.54) is 0 Å². The van der Waals surface area contributed by atoms with Gasteiger partial charge in [0.05, 0.1) is 16.8 Å². The third kappa shape index (κ3) is 2.62. The van der Waals surface area contributed by atoms with Gasteiger partial charge in [-0.1, -0.05) is 24.3 Å². The summed E-state index contributed by atoms with van der Waals surface area (Å²) >= 11 is 0. The third-order valence-electron chi connectivity index (χ3n) is 3.27. The number of hydrogen-bond donors (Lipinski definition) is 1. The molecule has 0 amide bonds. The molecule has 0 aliphatic rings. The van der Waals surface area contributed by atoms with E-state index in [1.54, 1.807) is 0 Å². The SMILES string of the molecule is C=CCCC(C)(O)Cc1nn(C)c2ccccc12. The highest BCUT2D eigenvalue weighted by Gasteiger charge is 2.23. The lowest BCUT2D eigenvalue weighted by Crippen LogP contribution is -2.27. The maximum atomic E-state index is 10.4. The molecule has 3 nitrogen and oxygen atoms in total. The van der Waals surface area contributed by atoms with Crippen molar-refractivity contribution in [3.63, 3.8) is 0 Å². The van der Waals surface area contributed by atoms with Crippen molar-refractivity contribution in [3.05, 3.63) is 42.6 Å². The Balaban J connectivity index is 2.29. The van der Waals surface area contributed by atoms with E-state index in [2.05, 4.69) is 17.7 Å². The van der Waals surface area contributed by atoms with E-state index < -0.39 is 5.60 Å². The molecular formula is C15H20N2O. The molecule has 1 atom stereocenters. The van der Waals surface area contributed by atoms with Crippen molar-refractivity contribution in [1.82, 2.24) is 9.78 Å². The fraction of sp³-hybridized carbons (Fsp3) is 0.400. The Morgan fingerprint density at radius 1 is 1.44 bits per heavy atom. The van der Waals surface area contributed by atoms with Gasteiger partial charge in [-0.15, -0.1) is 6.58 Å². The molecule has 1 aromatic carbocycles. The van der Waals surface area contributed by atoms with Crippen LogP contribution in [-0.2, 0) is 13.5 Å². The van der Waals surface area contributed by atoms with Crippen LogP contribution in [0.1, 0.15) is 25.5 Å². The van der Waals surface area contributed by atoms with Crippen LogP contribution >= 0.6 is 0 Å². The van der Waals surface area contributed by atoms with Crippen molar-refractivity contribution >= 4 is 10.9 Å². The van der Waals surface area contributed by atoms with Crippen LogP contribution in [0.5, 0.6) is 0 Å². The summed E-state index contributed by atoms with van der Waals surface area (Å²) in [5, 5.41) is 16.0. The van der Waals surface area contributed by atoms with Crippen LogP contribution in [0.25, 0.3) is 10.9 Å².